The van der Waals surface area contributed by atoms with Crippen molar-refractivity contribution >= 4 is 33.3 Å². The average Bonchev–Trinajstić information content (AvgIpc) is 3.15. The second-order valence-electron chi connectivity index (χ2n) is 6.94. The number of benzene rings is 2. The Morgan fingerprint density at radius 2 is 1.90 bits per heavy atom. The molecule has 0 saturated heterocycles. The summed E-state index contributed by atoms with van der Waals surface area (Å²) in [7, 11) is 0. The number of thiazole rings is 1. The average molecular weight is 404 g/mol. The molecule has 1 amide bonds. The number of amides is 1. The summed E-state index contributed by atoms with van der Waals surface area (Å²) < 4.78 is 5.86. The lowest BCUT2D eigenvalue weighted by Crippen LogP contribution is -2.30. The summed E-state index contributed by atoms with van der Waals surface area (Å²) in [6, 6.07) is 17.4. The van der Waals surface area contributed by atoms with Crippen molar-refractivity contribution in [2.24, 2.45) is 0 Å². The number of carbonyl (C=O) groups is 1. The van der Waals surface area contributed by atoms with E-state index in [9.17, 15) is 4.79 Å². The molecule has 29 heavy (non-hydrogen) atoms. The molecule has 146 valence electrons. The molecule has 2 heterocycles. The highest BCUT2D eigenvalue weighted by atomic mass is 32.1. The monoisotopic (exact) mass is 403 g/mol. The van der Waals surface area contributed by atoms with E-state index in [2.05, 4.69) is 15.3 Å². The first kappa shape index (κ1) is 19.1. The molecule has 2 aromatic carbocycles. The number of anilines is 1. The molecular weight excluding hydrogens is 382 g/mol. The lowest BCUT2D eigenvalue weighted by Gasteiger charge is -2.17. The topological polar surface area (TPSA) is 64.1 Å². The lowest BCUT2D eigenvalue weighted by molar-refractivity contribution is -0.122. The van der Waals surface area contributed by atoms with Gasteiger partial charge in [-0.05, 0) is 74.4 Å². The van der Waals surface area contributed by atoms with Gasteiger partial charge in [-0.1, -0.05) is 23.5 Å². The minimum absolute atomic E-state index is 0.192. The van der Waals surface area contributed by atoms with Gasteiger partial charge in [-0.25, -0.2) is 9.97 Å². The van der Waals surface area contributed by atoms with Crippen LogP contribution in [0.3, 0.4) is 0 Å². The smallest absolute Gasteiger partial charge is 0.265 e. The maximum Gasteiger partial charge on any atom is 0.265 e. The summed E-state index contributed by atoms with van der Waals surface area (Å²) in [5, 5.41) is 3.81. The number of aromatic nitrogens is 2. The van der Waals surface area contributed by atoms with E-state index in [1.54, 1.807) is 24.5 Å². The third kappa shape index (κ3) is 4.27. The van der Waals surface area contributed by atoms with Crippen LogP contribution in [0, 0.1) is 13.8 Å². The fourth-order valence-corrected chi connectivity index (χ4v) is 3.82. The van der Waals surface area contributed by atoms with Gasteiger partial charge in [0.2, 0.25) is 0 Å². The first-order valence-electron chi connectivity index (χ1n) is 9.36. The van der Waals surface area contributed by atoms with E-state index in [4.69, 9.17) is 4.74 Å². The predicted octanol–water partition coefficient (Wildman–Crippen LogP) is 5.38. The second-order valence-corrected chi connectivity index (χ2v) is 7.92. The number of rotatable bonds is 5. The molecule has 1 atom stereocenters. The van der Waals surface area contributed by atoms with Crippen molar-refractivity contribution in [2.75, 3.05) is 5.32 Å². The standard InChI is InChI=1S/C23H21N3O2S/c1-14-6-7-15(2)20(13-14)28-16(3)21(27)25-18-10-8-17(9-11-18)22-26-19-5-4-12-24-23(19)29-22/h4-13,16H,1-3H3,(H,25,27). The molecule has 1 unspecified atom stereocenters. The zero-order valence-electron chi connectivity index (χ0n) is 16.5. The highest BCUT2D eigenvalue weighted by molar-refractivity contribution is 7.21. The Morgan fingerprint density at radius 3 is 2.66 bits per heavy atom. The normalized spacial score (nSPS) is 12.0. The van der Waals surface area contributed by atoms with Gasteiger partial charge in [0, 0.05) is 17.4 Å². The highest BCUT2D eigenvalue weighted by Gasteiger charge is 2.16. The summed E-state index contributed by atoms with van der Waals surface area (Å²) in [5.41, 5.74) is 4.70. The minimum atomic E-state index is -0.606. The number of hydrogen-bond donors (Lipinski definition) is 1. The molecule has 0 bridgehead atoms. The Kier molecular flexibility index (Phi) is 5.27. The molecule has 0 spiro atoms. The molecule has 0 fully saturated rings. The van der Waals surface area contributed by atoms with E-state index in [1.807, 2.05) is 68.4 Å². The first-order chi connectivity index (χ1) is 14.0. The molecule has 0 aliphatic carbocycles. The van der Waals surface area contributed by atoms with Gasteiger partial charge in [-0.15, -0.1) is 0 Å². The number of carbonyl (C=O) groups excluding carboxylic acids is 1. The van der Waals surface area contributed by atoms with E-state index >= 15 is 0 Å². The summed E-state index contributed by atoms with van der Waals surface area (Å²) in [5.74, 6) is 0.537. The van der Waals surface area contributed by atoms with Crippen molar-refractivity contribution in [3.8, 4) is 16.3 Å². The fraction of sp³-hybridized carbons (Fsp3) is 0.174. The predicted molar refractivity (Wildman–Crippen MR) is 117 cm³/mol. The van der Waals surface area contributed by atoms with E-state index in [1.165, 1.54) is 0 Å². The van der Waals surface area contributed by atoms with Gasteiger partial charge in [0.25, 0.3) is 5.91 Å². The number of nitrogens with zero attached hydrogens (tertiary/aromatic N) is 2. The Bertz CT molecular complexity index is 1140. The van der Waals surface area contributed by atoms with Crippen LogP contribution in [0.2, 0.25) is 0 Å². The molecule has 5 nitrogen and oxygen atoms in total. The Labute approximate surface area is 173 Å². The highest BCUT2D eigenvalue weighted by Crippen LogP contribution is 2.29. The summed E-state index contributed by atoms with van der Waals surface area (Å²) in [6.45, 7) is 5.72. The van der Waals surface area contributed by atoms with Gasteiger partial charge in [-0.2, -0.15) is 0 Å². The molecule has 2 aromatic heterocycles. The second kappa shape index (κ2) is 8.01. The van der Waals surface area contributed by atoms with Gasteiger partial charge in [0.15, 0.2) is 6.10 Å². The van der Waals surface area contributed by atoms with Crippen LogP contribution in [0.1, 0.15) is 18.1 Å². The quantitative estimate of drug-likeness (QED) is 0.486. The third-order valence-corrected chi connectivity index (χ3v) is 5.61. The van der Waals surface area contributed by atoms with Gasteiger partial charge in [0.1, 0.15) is 21.1 Å². The molecule has 0 saturated carbocycles. The van der Waals surface area contributed by atoms with E-state index in [0.29, 0.717) is 0 Å². The number of pyridine rings is 1. The zero-order chi connectivity index (χ0) is 20.4. The van der Waals surface area contributed by atoms with Crippen molar-refractivity contribution in [1.29, 1.82) is 0 Å². The summed E-state index contributed by atoms with van der Waals surface area (Å²) >= 11 is 1.55. The van der Waals surface area contributed by atoms with Crippen LogP contribution in [0.5, 0.6) is 5.75 Å². The van der Waals surface area contributed by atoms with Crippen LogP contribution in [-0.2, 0) is 4.79 Å². The van der Waals surface area contributed by atoms with Crippen LogP contribution in [0.4, 0.5) is 5.69 Å². The van der Waals surface area contributed by atoms with E-state index < -0.39 is 6.10 Å². The molecule has 0 aliphatic rings. The SMILES string of the molecule is Cc1ccc(C)c(OC(C)C(=O)Nc2ccc(-c3nc4cccnc4s3)cc2)c1. The molecule has 4 rings (SSSR count). The number of ether oxygens (including phenoxy) is 1. The van der Waals surface area contributed by atoms with Gasteiger partial charge < -0.3 is 10.1 Å². The van der Waals surface area contributed by atoms with Gasteiger partial charge in [0.05, 0.1) is 0 Å². The molecule has 4 aromatic rings. The molecule has 0 radical (unpaired) electrons. The van der Waals surface area contributed by atoms with Gasteiger partial charge >= 0.3 is 0 Å². The minimum Gasteiger partial charge on any atom is -0.481 e. The summed E-state index contributed by atoms with van der Waals surface area (Å²) in [4.78, 5) is 22.4. The maximum absolute atomic E-state index is 12.5. The Hall–Kier alpha value is -3.25. The van der Waals surface area contributed by atoms with Crippen LogP contribution >= 0.6 is 11.3 Å². The Balaban J connectivity index is 1.43. The van der Waals surface area contributed by atoms with E-state index in [0.717, 1.165) is 43.5 Å². The first-order valence-corrected chi connectivity index (χ1v) is 10.2. The molecular formula is C23H21N3O2S. The molecule has 0 aliphatic heterocycles. The van der Waals surface area contributed by atoms with Crippen molar-refractivity contribution in [3.63, 3.8) is 0 Å². The number of aryl methyl sites for hydroxylation is 2. The third-order valence-electron chi connectivity index (χ3n) is 4.58. The van der Waals surface area contributed by atoms with Gasteiger partial charge in [-0.3, -0.25) is 4.79 Å². The molecule has 6 heteroatoms. The zero-order valence-corrected chi connectivity index (χ0v) is 17.3. The van der Waals surface area contributed by atoms with E-state index in [-0.39, 0.29) is 5.91 Å². The van der Waals surface area contributed by atoms with Crippen LogP contribution in [0.15, 0.2) is 60.8 Å². The number of fused-ring (bicyclic) bond motifs is 1. The Morgan fingerprint density at radius 1 is 1.10 bits per heavy atom. The molecule has 1 N–H and O–H groups in total. The number of hydrogen-bond acceptors (Lipinski definition) is 5. The maximum atomic E-state index is 12.5. The lowest BCUT2D eigenvalue weighted by atomic mass is 10.1. The summed E-state index contributed by atoms with van der Waals surface area (Å²) in [6.07, 6.45) is 1.16. The van der Waals surface area contributed by atoms with Crippen molar-refractivity contribution < 1.29 is 9.53 Å². The largest absolute Gasteiger partial charge is 0.481 e. The fourth-order valence-electron chi connectivity index (χ4n) is 2.91. The van der Waals surface area contributed by atoms with Crippen molar-refractivity contribution in [2.45, 2.75) is 26.9 Å². The van der Waals surface area contributed by atoms with Crippen LogP contribution in [-0.4, -0.2) is 22.0 Å². The van der Waals surface area contributed by atoms with Crippen molar-refractivity contribution in [3.05, 3.63) is 71.9 Å². The van der Waals surface area contributed by atoms with Crippen molar-refractivity contribution in [1.82, 2.24) is 9.97 Å². The number of nitrogens with one attached hydrogen (secondary N) is 1. The van der Waals surface area contributed by atoms with Crippen LogP contribution in [0.25, 0.3) is 20.9 Å². The van der Waals surface area contributed by atoms with Crippen LogP contribution < -0.4 is 10.1 Å².